The van der Waals surface area contributed by atoms with Gasteiger partial charge in [-0.15, -0.1) is 0 Å². The van der Waals surface area contributed by atoms with Crippen molar-refractivity contribution in [1.29, 1.82) is 0 Å². The first-order chi connectivity index (χ1) is 9.67. The van der Waals surface area contributed by atoms with Crippen LogP contribution in [0.25, 0.3) is 0 Å². The van der Waals surface area contributed by atoms with Crippen molar-refractivity contribution in [3.63, 3.8) is 0 Å². The molecule has 2 N–H and O–H groups in total. The van der Waals surface area contributed by atoms with Gasteiger partial charge in [-0.1, -0.05) is 11.6 Å². The van der Waals surface area contributed by atoms with Crippen molar-refractivity contribution < 1.29 is 9.53 Å². The molecule has 0 radical (unpaired) electrons. The lowest BCUT2D eigenvalue weighted by Gasteiger charge is -2.36. The van der Waals surface area contributed by atoms with Gasteiger partial charge in [-0.2, -0.15) is 4.98 Å². The summed E-state index contributed by atoms with van der Waals surface area (Å²) in [7, 11) is 1.49. The smallest absolute Gasteiger partial charge is 0.318 e. The quantitative estimate of drug-likeness (QED) is 0.818. The number of ether oxygens (including phenoxy) is 1. The molecule has 1 saturated heterocycles. The van der Waals surface area contributed by atoms with E-state index in [1.54, 1.807) is 0 Å². The number of aromatic nitrogens is 2. The fourth-order valence-corrected chi connectivity index (χ4v) is 2.33. The van der Waals surface area contributed by atoms with Crippen molar-refractivity contribution in [2.24, 2.45) is 0 Å². The molecular formula is C12H18ClN5O2. The fraction of sp³-hybridized carbons (Fsp3) is 0.583. The van der Waals surface area contributed by atoms with Crippen LogP contribution >= 0.6 is 11.6 Å². The largest absolute Gasteiger partial charge is 0.467 e. The number of methoxy groups -OCH3 is 1. The number of likely N-dealkylation sites (N-methyl/N-ethyl adjacent to an activating group) is 1. The second-order valence-corrected chi connectivity index (χ2v) is 4.74. The number of carbonyl (C=O) groups excluding carboxylic acids is 1. The molecule has 1 fully saturated rings. The van der Waals surface area contributed by atoms with Gasteiger partial charge in [-0.3, -0.25) is 4.79 Å². The minimum atomic E-state index is -0.346. The zero-order valence-electron chi connectivity index (χ0n) is 11.5. The van der Waals surface area contributed by atoms with Gasteiger partial charge in [0.1, 0.15) is 11.1 Å². The molecule has 110 valence electrons. The van der Waals surface area contributed by atoms with E-state index in [0.717, 1.165) is 6.54 Å². The van der Waals surface area contributed by atoms with Crippen LogP contribution in [0.15, 0.2) is 6.20 Å². The Bertz CT molecular complexity index is 485. The molecule has 1 atom stereocenters. The predicted octanol–water partition coefficient (Wildman–Crippen LogP) is 0.0529. The predicted molar refractivity (Wildman–Crippen MR) is 76.3 cm³/mol. The fourth-order valence-electron chi connectivity index (χ4n) is 2.13. The Balaban J connectivity index is 2.29. The molecule has 0 aliphatic carbocycles. The molecule has 2 heterocycles. The molecule has 0 spiro atoms. The average molecular weight is 300 g/mol. The maximum absolute atomic E-state index is 12.1. The highest BCUT2D eigenvalue weighted by Gasteiger charge is 2.30. The summed E-state index contributed by atoms with van der Waals surface area (Å²) >= 11 is 6.16. The number of amides is 1. The first-order valence-corrected chi connectivity index (χ1v) is 6.86. The SMILES string of the molecule is CCNC(=O)C1CNCCN1c1nc(OC)ncc1Cl. The number of anilines is 1. The van der Waals surface area contributed by atoms with E-state index >= 15 is 0 Å². The number of rotatable bonds is 4. The summed E-state index contributed by atoms with van der Waals surface area (Å²) in [6.45, 7) is 4.43. The monoisotopic (exact) mass is 299 g/mol. The van der Waals surface area contributed by atoms with E-state index in [2.05, 4.69) is 20.6 Å². The minimum absolute atomic E-state index is 0.0478. The van der Waals surface area contributed by atoms with Crippen LogP contribution in [0.2, 0.25) is 5.02 Å². The third-order valence-corrected chi connectivity index (χ3v) is 3.32. The van der Waals surface area contributed by atoms with E-state index in [1.165, 1.54) is 13.3 Å². The number of halogens is 1. The molecule has 7 nitrogen and oxygen atoms in total. The van der Waals surface area contributed by atoms with Gasteiger partial charge in [-0.05, 0) is 6.92 Å². The van der Waals surface area contributed by atoms with Crippen LogP contribution in [-0.2, 0) is 4.79 Å². The molecule has 2 rings (SSSR count). The minimum Gasteiger partial charge on any atom is -0.467 e. The van der Waals surface area contributed by atoms with Gasteiger partial charge < -0.3 is 20.3 Å². The number of nitrogens with zero attached hydrogens (tertiary/aromatic N) is 3. The number of hydrogen-bond donors (Lipinski definition) is 2. The second-order valence-electron chi connectivity index (χ2n) is 4.34. The van der Waals surface area contributed by atoms with E-state index in [9.17, 15) is 4.79 Å². The number of nitrogens with one attached hydrogen (secondary N) is 2. The molecule has 8 heteroatoms. The van der Waals surface area contributed by atoms with E-state index in [-0.39, 0.29) is 18.0 Å². The molecule has 0 bridgehead atoms. The zero-order valence-corrected chi connectivity index (χ0v) is 12.3. The summed E-state index contributed by atoms with van der Waals surface area (Å²) in [6, 6.07) is -0.113. The standard InChI is InChI=1S/C12H18ClN5O2/c1-3-15-11(19)9-7-14-4-5-18(9)10-8(13)6-16-12(17-10)20-2/h6,9,14H,3-5,7H2,1-2H3,(H,15,19). The third-order valence-electron chi connectivity index (χ3n) is 3.06. The summed E-state index contributed by atoms with van der Waals surface area (Å²) in [5, 5.41) is 6.43. The highest BCUT2D eigenvalue weighted by Crippen LogP contribution is 2.26. The highest BCUT2D eigenvalue weighted by molar-refractivity contribution is 6.32. The molecule has 1 aliphatic rings. The maximum Gasteiger partial charge on any atom is 0.318 e. The second kappa shape index (κ2) is 6.71. The molecule has 0 aromatic carbocycles. The van der Waals surface area contributed by atoms with Crippen LogP contribution in [0.3, 0.4) is 0 Å². The van der Waals surface area contributed by atoms with Crippen molar-refractivity contribution in [2.45, 2.75) is 13.0 Å². The topological polar surface area (TPSA) is 79.4 Å². The van der Waals surface area contributed by atoms with Crippen molar-refractivity contribution in [2.75, 3.05) is 38.2 Å². The molecular weight excluding hydrogens is 282 g/mol. The van der Waals surface area contributed by atoms with Gasteiger partial charge in [0.05, 0.1) is 13.3 Å². The van der Waals surface area contributed by atoms with Gasteiger partial charge in [-0.25, -0.2) is 4.98 Å². The molecule has 1 unspecified atom stereocenters. The Morgan fingerprint density at radius 3 is 3.20 bits per heavy atom. The first kappa shape index (κ1) is 14.8. The zero-order chi connectivity index (χ0) is 14.5. The Labute approximate surface area is 122 Å². The number of carbonyl (C=O) groups is 1. The lowest BCUT2D eigenvalue weighted by molar-refractivity contribution is -0.122. The van der Waals surface area contributed by atoms with Crippen LogP contribution in [0.1, 0.15) is 6.92 Å². The lowest BCUT2D eigenvalue weighted by Crippen LogP contribution is -2.58. The van der Waals surface area contributed by atoms with Crippen molar-refractivity contribution in [3.8, 4) is 6.01 Å². The third kappa shape index (κ3) is 3.10. The normalized spacial score (nSPS) is 18.8. The van der Waals surface area contributed by atoms with Crippen LogP contribution in [0.5, 0.6) is 6.01 Å². The summed E-state index contributed by atoms with van der Waals surface area (Å²) in [6.07, 6.45) is 1.49. The molecule has 20 heavy (non-hydrogen) atoms. The van der Waals surface area contributed by atoms with Crippen LogP contribution in [0.4, 0.5) is 5.82 Å². The van der Waals surface area contributed by atoms with Gasteiger partial charge in [0.2, 0.25) is 5.91 Å². The van der Waals surface area contributed by atoms with E-state index in [4.69, 9.17) is 16.3 Å². The van der Waals surface area contributed by atoms with Gasteiger partial charge in [0, 0.05) is 26.2 Å². The Kier molecular flexibility index (Phi) is 4.97. The van der Waals surface area contributed by atoms with Crippen molar-refractivity contribution in [3.05, 3.63) is 11.2 Å². The average Bonchev–Trinajstić information content (AvgIpc) is 2.48. The Morgan fingerprint density at radius 2 is 2.50 bits per heavy atom. The highest BCUT2D eigenvalue weighted by atomic mass is 35.5. The van der Waals surface area contributed by atoms with Crippen molar-refractivity contribution in [1.82, 2.24) is 20.6 Å². The molecule has 1 amide bonds. The Morgan fingerprint density at radius 1 is 1.70 bits per heavy atom. The summed E-state index contributed by atoms with van der Waals surface area (Å²) in [5.74, 6) is 0.476. The summed E-state index contributed by atoms with van der Waals surface area (Å²) in [5.41, 5.74) is 0. The van der Waals surface area contributed by atoms with E-state index in [1.807, 2.05) is 11.8 Å². The van der Waals surface area contributed by atoms with E-state index < -0.39 is 0 Å². The van der Waals surface area contributed by atoms with Crippen molar-refractivity contribution >= 4 is 23.3 Å². The number of piperazine rings is 1. The first-order valence-electron chi connectivity index (χ1n) is 6.49. The summed E-state index contributed by atoms with van der Waals surface area (Å²) in [4.78, 5) is 22.2. The lowest BCUT2D eigenvalue weighted by atomic mass is 10.1. The van der Waals surface area contributed by atoms with Crippen LogP contribution in [0, 0.1) is 0 Å². The molecule has 0 saturated carbocycles. The van der Waals surface area contributed by atoms with Crippen LogP contribution in [-0.4, -0.2) is 55.2 Å². The molecule has 1 aliphatic heterocycles. The summed E-state index contributed by atoms with van der Waals surface area (Å²) < 4.78 is 5.02. The van der Waals surface area contributed by atoms with Gasteiger partial charge in [0.15, 0.2) is 5.82 Å². The number of hydrogen-bond acceptors (Lipinski definition) is 6. The van der Waals surface area contributed by atoms with E-state index in [0.29, 0.717) is 30.5 Å². The Hall–Kier alpha value is -1.60. The molecule has 1 aromatic rings. The van der Waals surface area contributed by atoms with Crippen LogP contribution < -0.4 is 20.3 Å². The van der Waals surface area contributed by atoms with Gasteiger partial charge >= 0.3 is 6.01 Å². The maximum atomic E-state index is 12.1. The van der Waals surface area contributed by atoms with Gasteiger partial charge in [0.25, 0.3) is 0 Å². The molecule has 1 aromatic heterocycles.